The Morgan fingerprint density at radius 3 is 2.50 bits per heavy atom. The number of aromatic nitrogens is 4. The van der Waals surface area contributed by atoms with E-state index in [2.05, 4.69) is 25.5 Å². The van der Waals surface area contributed by atoms with Gasteiger partial charge in [0.25, 0.3) is 0 Å². The van der Waals surface area contributed by atoms with Gasteiger partial charge in [-0.15, -0.1) is 0 Å². The number of rotatable bonds is 4. The molecule has 0 aliphatic carbocycles. The number of H-pyrrole nitrogens is 1. The van der Waals surface area contributed by atoms with Crippen LogP contribution in [0.5, 0.6) is 0 Å². The third-order valence-electron chi connectivity index (χ3n) is 4.88. The van der Waals surface area contributed by atoms with E-state index >= 15 is 0 Å². The Morgan fingerprint density at radius 1 is 1.11 bits per heavy atom. The van der Waals surface area contributed by atoms with Crippen LogP contribution < -0.4 is 5.32 Å². The Kier molecular flexibility index (Phi) is 5.18. The quantitative estimate of drug-likeness (QED) is 0.633. The highest BCUT2D eigenvalue weighted by Gasteiger charge is 2.26. The van der Waals surface area contributed by atoms with Gasteiger partial charge in [-0.2, -0.15) is 5.10 Å². The van der Waals surface area contributed by atoms with Gasteiger partial charge in [-0.1, -0.05) is 23.7 Å². The van der Waals surface area contributed by atoms with Gasteiger partial charge in [0.1, 0.15) is 5.69 Å². The van der Waals surface area contributed by atoms with Crippen LogP contribution >= 0.6 is 11.6 Å². The summed E-state index contributed by atoms with van der Waals surface area (Å²) in [5.41, 5.74) is 3.95. The normalized spacial score (nSPS) is 15.6. The minimum Gasteiger partial charge on any atom is -0.317 e. The van der Waals surface area contributed by atoms with Gasteiger partial charge in [0.15, 0.2) is 0 Å². The van der Waals surface area contributed by atoms with Crippen molar-refractivity contribution in [1.29, 1.82) is 0 Å². The second-order valence-electron chi connectivity index (χ2n) is 6.89. The largest absolute Gasteiger partial charge is 0.317 e. The lowest BCUT2D eigenvalue weighted by atomic mass is 9.89. The summed E-state index contributed by atoms with van der Waals surface area (Å²) < 4.78 is 23.9. The molecule has 0 radical (unpaired) electrons. The molecule has 0 saturated carbocycles. The molecule has 1 fully saturated rings. The summed E-state index contributed by atoms with van der Waals surface area (Å²) in [4.78, 5) is 8.26. The van der Waals surface area contributed by atoms with Crippen LogP contribution in [0.1, 0.15) is 24.5 Å². The van der Waals surface area contributed by atoms with Gasteiger partial charge in [-0.05, 0) is 44.1 Å². The molecule has 0 amide bonds. The van der Waals surface area contributed by atoms with Crippen molar-refractivity contribution in [2.24, 2.45) is 0 Å². The Hall–Kier alpha value is -2.29. The average Bonchev–Trinajstić information content (AvgIpc) is 3.14. The van der Waals surface area contributed by atoms with Crippen molar-refractivity contribution < 1.29 is 8.42 Å². The monoisotopic (exact) mass is 417 g/mol. The summed E-state index contributed by atoms with van der Waals surface area (Å²) in [5.74, 6) is 0.293. The molecule has 3 heterocycles. The van der Waals surface area contributed by atoms with Gasteiger partial charge in [0, 0.05) is 40.2 Å². The van der Waals surface area contributed by atoms with Crippen molar-refractivity contribution in [1.82, 2.24) is 25.5 Å². The molecule has 1 aromatic carbocycles. The topological polar surface area (TPSA) is 101 Å². The van der Waals surface area contributed by atoms with E-state index in [1.54, 1.807) is 6.07 Å². The van der Waals surface area contributed by atoms with Crippen LogP contribution in [-0.2, 0) is 9.84 Å². The first-order valence-corrected chi connectivity index (χ1v) is 11.3. The van der Waals surface area contributed by atoms with Gasteiger partial charge < -0.3 is 5.32 Å². The lowest BCUT2D eigenvalue weighted by Crippen LogP contribution is -2.27. The molecule has 3 aromatic rings. The first-order valence-electron chi connectivity index (χ1n) is 9.02. The van der Waals surface area contributed by atoms with Crippen molar-refractivity contribution in [3.05, 3.63) is 47.2 Å². The maximum atomic E-state index is 12.0. The van der Waals surface area contributed by atoms with E-state index in [1.807, 2.05) is 24.3 Å². The Bertz CT molecular complexity index is 1090. The number of benzene rings is 1. The van der Waals surface area contributed by atoms with Crippen LogP contribution in [0.25, 0.3) is 22.5 Å². The molecule has 4 rings (SSSR count). The summed E-state index contributed by atoms with van der Waals surface area (Å²) in [6.07, 6.45) is 4.53. The number of halogens is 1. The summed E-state index contributed by atoms with van der Waals surface area (Å²) in [7, 11) is -3.52. The van der Waals surface area contributed by atoms with Gasteiger partial charge in [-0.25, -0.2) is 18.4 Å². The van der Waals surface area contributed by atoms with Gasteiger partial charge in [0.05, 0.1) is 5.69 Å². The van der Waals surface area contributed by atoms with E-state index in [0.29, 0.717) is 16.6 Å². The van der Waals surface area contributed by atoms with Crippen LogP contribution in [0.15, 0.2) is 41.7 Å². The summed E-state index contributed by atoms with van der Waals surface area (Å²) in [6.45, 7) is 1.86. The van der Waals surface area contributed by atoms with Gasteiger partial charge >= 0.3 is 0 Å². The van der Waals surface area contributed by atoms with Crippen LogP contribution in [0.4, 0.5) is 0 Å². The average molecular weight is 418 g/mol. The van der Waals surface area contributed by atoms with Crippen molar-refractivity contribution in [3.8, 4) is 22.5 Å². The highest BCUT2D eigenvalue weighted by atomic mass is 35.5. The molecule has 0 spiro atoms. The summed E-state index contributed by atoms with van der Waals surface area (Å²) in [6, 6.07) is 9.13. The van der Waals surface area contributed by atoms with Crippen molar-refractivity contribution in [2.75, 3.05) is 19.3 Å². The zero-order valence-corrected chi connectivity index (χ0v) is 16.9. The molecular formula is C19H20ClN5O2S. The molecule has 2 aromatic heterocycles. The number of hydrogen-bond acceptors (Lipinski definition) is 6. The van der Waals surface area contributed by atoms with Crippen LogP contribution in [0.3, 0.4) is 0 Å². The highest BCUT2D eigenvalue weighted by molar-refractivity contribution is 7.90. The lowest BCUT2D eigenvalue weighted by Gasteiger charge is -2.22. The first kappa shape index (κ1) is 19.0. The number of sulfone groups is 1. The molecule has 7 nitrogen and oxygen atoms in total. The Labute approximate surface area is 168 Å². The van der Waals surface area contributed by atoms with Crippen LogP contribution in [0.2, 0.25) is 5.02 Å². The predicted molar refractivity (Wildman–Crippen MR) is 108 cm³/mol. The van der Waals surface area contributed by atoms with Crippen LogP contribution in [-0.4, -0.2) is 47.9 Å². The Morgan fingerprint density at radius 2 is 1.82 bits per heavy atom. The molecule has 1 aliphatic rings. The maximum absolute atomic E-state index is 12.0. The van der Waals surface area contributed by atoms with E-state index in [1.165, 1.54) is 6.20 Å². The number of nitrogens with one attached hydrogen (secondary N) is 2. The molecule has 28 heavy (non-hydrogen) atoms. The fourth-order valence-electron chi connectivity index (χ4n) is 3.50. The van der Waals surface area contributed by atoms with Gasteiger partial charge in [-0.3, -0.25) is 5.10 Å². The summed E-state index contributed by atoms with van der Waals surface area (Å²) >= 11 is 6.03. The third kappa shape index (κ3) is 3.80. The first-order chi connectivity index (χ1) is 13.4. The minimum absolute atomic E-state index is 0.190. The molecule has 0 bridgehead atoms. The highest BCUT2D eigenvalue weighted by Crippen LogP contribution is 2.38. The van der Waals surface area contributed by atoms with Gasteiger partial charge in [0.2, 0.25) is 15.0 Å². The standard InChI is InChI=1S/C19H20ClN5O2S/c1-28(26,27)19-22-11-8-15(23-19)16-17(12-2-4-14(20)5-3-12)24-25-18(16)13-6-9-21-10-7-13/h2-5,8,11,13,21H,6-7,9-10H2,1H3,(H,24,25). The molecule has 2 N–H and O–H groups in total. The third-order valence-corrected chi connectivity index (χ3v) is 5.99. The minimum atomic E-state index is -3.52. The van der Waals surface area contributed by atoms with E-state index in [0.717, 1.165) is 54.7 Å². The fraction of sp³-hybridized carbons (Fsp3) is 0.316. The molecule has 1 aliphatic heterocycles. The molecule has 1 saturated heterocycles. The van der Waals surface area contributed by atoms with E-state index in [4.69, 9.17) is 11.6 Å². The number of piperidine rings is 1. The summed E-state index contributed by atoms with van der Waals surface area (Å²) in [5, 5.41) is 11.6. The van der Waals surface area contributed by atoms with Crippen LogP contribution in [0, 0.1) is 0 Å². The van der Waals surface area contributed by atoms with Crippen molar-refractivity contribution in [2.45, 2.75) is 23.9 Å². The molecule has 0 unspecified atom stereocenters. The number of aromatic amines is 1. The van der Waals surface area contributed by atoms with E-state index in [9.17, 15) is 8.42 Å². The number of nitrogens with zero attached hydrogens (tertiary/aromatic N) is 3. The smallest absolute Gasteiger partial charge is 0.247 e. The number of hydrogen-bond donors (Lipinski definition) is 2. The predicted octanol–water partition coefficient (Wildman–Crippen LogP) is 3.06. The maximum Gasteiger partial charge on any atom is 0.247 e. The van der Waals surface area contributed by atoms with E-state index in [-0.39, 0.29) is 5.16 Å². The molecule has 9 heteroatoms. The fourth-order valence-corrected chi connectivity index (χ4v) is 4.14. The SMILES string of the molecule is CS(=O)(=O)c1nccc(-c2c(-c3ccc(Cl)cc3)n[nH]c2C2CCNCC2)n1. The second kappa shape index (κ2) is 7.62. The van der Waals surface area contributed by atoms with Crippen molar-refractivity contribution in [3.63, 3.8) is 0 Å². The lowest BCUT2D eigenvalue weighted by molar-refractivity contribution is 0.453. The van der Waals surface area contributed by atoms with E-state index < -0.39 is 9.84 Å². The zero-order valence-electron chi connectivity index (χ0n) is 15.3. The molecule has 0 atom stereocenters. The van der Waals surface area contributed by atoms with Crippen molar-refractivity contribution >= 4 is 21.4 Å². The second-order valence-corrected chi connectivity index (χ2v) is 9.23. The molecule has 146 valence electrons. The zero-order chi connectivity index (χ0) is 19.7. The Balaban J connectivity index is 1.90. The molecular weight excluding hydrogens is 398 g/mol.